The molecule has 1 N–H and O–H groups in total. The molecule has 0 saturated carbocycles. The van der Waals surface area contributed by atoms with Crippen LogP contribution in [0.4, 0.5) is 4.79 Å². The monoisotopic (exact) mass is 217 g/mol. The first-order valence-electron chi connectivity index (χ1n) is 4.01. The first kappa shape index (κ1) is 10.9. The molecule has 78 valence electrons. The average Bonchev–Trinajstić information content (AvgIpc) is 2.62. The molecule has 0 unspecified atom stereocenters. The van der Waals surface area contributed by atoms with Gasteiger partial charge in [-0.05, 0) is 0 Å². The van der Waals surface area contributed by atoms with Crippen LogP contribution in [-0.2, 0) is 9.53 Å². The molecule has 1 amide bonds. The summed E-state index contributed by atoms with van der Waals surface area (Å²) in [5.41, 5.74) is 0. The predicted molar refractivity (Wildman–Crippen MR) is 52.1 cm³/mol. The van der Waals surface area contributed by atoms with Crippen molar-refractivity contribution in [3.63, 3.8) is 0 Å². The number of rotatable bonds is 3. The fourth-order valence-corrected chi connectivity index (χ4v) is 2.17. The number of carbonyl (C=O) groups excluding carboxylic acids is 1. The molecule has 1 heterocycles. The normalized spacial score (nSPS) is 20.6. The Labute approximate surface area is 85.7 Å². The largest absolute Gasteiger partial charge is 0.480 e. The molecular weight excluding hydrogens is 206 g/mol. The third-order valence-electron chi connectivity index (χ3n) is 1.73. The minimum atomic E-state index is -0.995. The third-order valence-corrected chi connectivity index (χ3v) is 2.74. The van der Waals surface area contributed by atoms with Crippen molar-refractivity contribution < 1.29 is 19.4 Å². The molecule has 0 aromatic heterocycles. The van der Waals surface area contributed by atoms with Gasteiger partial charge in [0, 0.05) is 5.75 Å². The van der Waals surface area contributed by atoms with E-state index in [1.807, 2.05) is 0 Å². The molecule has 0 bridgehead atoms. The van der Waals surface area contributed by atoms with Gasteiger partial charge in [0.25, 0.3) is 0 Å². The highest BCUT2D eigenvalue weighted by Crippen LogP contribution is 2.21. The van der Waals surface area contributed by atoms with Crippen LogP contribution in [0.5, 0.6) is 0 Å². The van der Waals surface area contributed by atoms with E-state index in [2.05, 4.69) is 6.58 Å². The van der Waals surface area contributed by atoms with Gasteiger partial charge in [-0.2, -0.15) is 0 Å². The molecule has 1 aliphatic heterocycles. The first-order valence-corrected chi connectivity index (χ1v) is 5.17. The van der Waals surface area contributed by atoms with Crippen LogP contribution in [-0.4, -0.2) is 46.3 Å². The van der Waals surface area contributed by atoms with E-state index < -0.39 is 18.1 Å². The number of ether oxygens (including phenoxy) is 1. The summed E-state index contributed by atoms with van der Waals surface area (Å²) in [4.78, 5) is 23.2. The van der Waals surface area contributed by atoms with Crippen LogP contribution in [0.25, 0.3) is 0 Å². The predicted octanol–water partition coefficient (Wildman–Crippen LogP) is 0.769. The molecule has 14 heavy (non-hydrogen) atoms. The lowest BCUT2D eigenvalue weighted by atomic mass is 10.3. The van der Waals surface area contributed by atoms with Gasteiger partial charge in [-0.3, -0.25) is 4.90 Å². The highest BCUT2D eigenvalue weighted by Gasteiger charge is 2.35. The Bertz CT molecular complexity index is 256. The van der Waals surface area contributed by atoms with Gasteiger partial charge in [0.15, 0.2) is 0 Å². The summed E-state index contributed by atoms with van der Waals surface area (Å²) in [6.45, 7) is 3.50. The lowest BCUT2D eigenvalue weighted by Crippen LogP contribution is -2.42. The van der Waals surface area contributed by atoms with Crippen molar-refractivity contribution >= 4 is 23.8 Å². The third kappa shape index (κ3) is 2.41. The van der Waals surface area contributed by atoms with Gasteiger partial charge >= 0.3 is 12.1 Å². The van der Waals surface area contributed by atoms with E-state index in [0.717, 1.165) is 0 Å². The maximum Gasteiger partial charge on any atom is 0.411 e. The minimum Gasteiger partial charge on any atom is -0.480 e. The van der Waals surface area contributed by atoms with Gasteiger partial charge in [-0.25, -0.2) is 9.59 Å². The number of hydrogen-bond donors (Lipinski definition) is 1. The summed E-state index contributed by atoms with van der Waals surface area (Å²) in [5, 5.41) is 8.78. The summed E-state index contributed by atoms with van der Waals surface area (Å²) in [5.74, 6) is -0.212. The smallest absolute Gasteiger partial charge is 0.411 e. The van der Waals surface area contributed by atoms with Gasteiger partial charge < -0.3 is 9.84 Å². The highest BCUT2D eigenvalue weighted by atomic mass is 32.2. The van der Waals surface area contributed by atoms with Crippen molar-refractivity contribution in [2.24, 2.45) is 0 Å². The number of thioether (sulfide) groups is 1. The van der Waals surface area contributed by atoms with E-state index in [1.165, 1.54) is 22.7 Å². The van der Waals surface area contributed by atoms with Crippen LogP contribution >= 0.6 is 11.8 Å². The topological polar surface area (TPSA) is 66.8 Å². The van der Waals surface area contributed by atoms with Gasteiger partial charge in [0.1, 0.15) is 12.6 Å². The van der Waals surface area contributed by atoms with Crippen molar-refractivity contribution in [3.8, 4) is 0 Å². The van der Waals surface area contributed by atoms with Gasteiger partial charge in [0.05, 0.1) is 5.88 Å². The highest BCUT2D eigenvalue weighted by molar-refractivity contribution is 7.99. The lowest BCUT2D eigenvalue weighted by molar-refractivity contribution is -0.141. The van der Waals surface area contributed by atoms with Crippen LogP contribution in [0, 0.1) is 0 Å². The number of carboxylic acid groups (broad SMARTS) is 1. The van der Waals surface area contributed by atoms with E-state index in [-0.39, 0.29) is 6.61 Å². The molecule has 1 aliphatic rings. The van der Waals surface area contributed by atoms with E-state index >= 15 is 0 Å². The summed E-state index contributed by atoms with van der Waals surface area (Å²) >= 11 is 1.40. The Morgan fingerprint density at radius 3 is 3.00 bits per heavy atom. The Kier molecular flexibility index (Phi) is 3.82. The Morgan fingerprint density at radius 2 is 2.43 bits per heavy atom. The standard InChI is InChI=1S/C8H11NO4S/c1-2-3-13-8(12)9-5-14-4-6(9)7(10)11/h2,6H,1,3-5H2,(H,10,11)/t6-/m1/s1. The quantitative estimate of drug-likeness (QED) is 0.707. The molecule has 5 nitrogen and oxygen atoms in total. The SMILES string of the molecule is C=CCOC(=O)N1CSC[C@@H]1C(=O)O. The van der Waals surface area contributed by atoms with Crippen LogP contribution in [0.3, 0.4) is 0 Å². The second kappa shape index (κ2) is 4.90. The van der Waals surface area contributed by atoms with Crippen LogP contribution < -0.4 is 0 Å². The number of hydrogen-bond acceptors (Lipinski definition) is 4. The average molecular weight is 217 g/mol. The maximum absolute atomic E-state index is 11.3. The Hall–Kier alpha value is -1.17. The molecule has 0 aromatic carbocycles. The van der Waals surface area contributed by atoms with Crippen molar-refractivity contribution in [3.05, 3.63) is 12.7 Å². The zero-order chi connectivity index (χ0) is 10.6. The molecule has 1 fully saturated rings. The second-order valence-corrected chi connectivity index (χ2v) is 3.69. The minimum absolute atomic E-state index is 0.104. The number of carboxylic acids is 1. The number of aliphatic carboxylic acids is 1. The summed E-state index contributed by atoms with van der Waals surface area (Å²) in [6.07, 6.45) is 0.846. The summed E-state index contributed by atoms with van der Waals surface area (Å²) < 4.78 is 4.75. The van der Waals surface area contributed by atoms with Crippen LogP contribution in [0.15, 0.2) is 12.7 Å². The zero-order valence-electron chi connectivity index (χ0n) is 7.51. The van der Waals surface area contributed by atoms with Gasteiger partial charge in [-0.1, -0.05) is 12.7 Å². The molecule has 0 aliphatic carbocycles. The molecular formula is C8H11NO4S. The van der Waals surface area contributed by atoms with E-state index in [4.69, 9.17) is 9.84 Å². The van der Waals surface area contributed by atoms with Crippen molar-refractivity contribution in [1.82, 2.24) is 4.90 Å². The van der Waals surface area contributed by atoms with Crippen LogP contribution in [0.2, 0.25) is 0 Å². The summed E-state index contributed by atoms with van der Waals surface area (Å²) in [7, 11) is 0. The number of amides is 1. The fraction of sp³-hybridized carbons (Fsp3) is 0.500. The zero-order valence-corrected chi connectivity index (χ0v) is 8.33. The molecule has 1 rings (SSSR count). The molecule has 0 radical (unpaired) electrons. The first-order chi connectivity index (χ1) is 6.66. The molecule has 1 atom stereocenters. The maximum atomic E-state index is 11.3. The molecule has 6 heteroatoms. The van der Waals surface area contributed by atoms with Crippen molar-refractivity contribution in [2.75, 3.05) is 18.2 Å². The van der Waals surface area contributed by atoms with Crippen molar-refractivity contribution in [2.45, 2.75) is 6.04 Å². The molecule has 0 spiro atoms. The Morgan fingerprint density at radius 1 is 1.71 bits per heavy atom. The number of nitrogens with zero attached hydrogens (tertiary/aromatic N) is 1. The van der Waals surface area contributed by atoms with E-state index in [9.17, 15) is 9.59 Å². The van der Waals surface area contributed by atoms with E-state index in [1.54, 1.807) is 0 Å². The van der Waals surface area contributed by atoms with Crippen LogP contribution in [0.1, 0.15) is 0 Å². The second-order valence-electron chi connectivity index (χ2n) is 2.69. The van der Waals surface area contributed by atoms with Gasteiger partial charge in [0.2, 0.25) is 0 Å². The van der Waals surface area contributed by atoms with E-state index in [0.29, 0.717) is 11.6 Å². The number of carbonyl (C=O) groups is 2. The fourth-order valence-electron chi connectivity index (χ4n) is 1.04. The molecule has 0 aromatic rings. The lowest BCUT2D eigenvalue weighted by Gasteiger charge is -2.19. The Balaban J connectivity index is 2.53. The van der Waals surface area contributed by atoms with Crippen molar-refractivity contribution in [1.29, 1.82) is 0 Å². The van der Waals surface area contributed by atoms with Gasteiger partial charge in [-0.15, -0.1) is 11.8 Å². The molecule has 1 saturated heterocycles. The summed E-state index contributed by atoms with van der Waals surface area (Å²) in [6, 6.07) is -0.766.